The quantitative estimate of drug-likeness (QED) is 0.793. The summed E-state index contributed by atoms with van der Waals surface area (Å²) in [4.78, 5) is 9.43. The van der Waals surface area contributed by atoms with Gasteiger partial charge in [0.1, 0.15) is 18.2 Å². The summed E-state index contributed by atoms with van der Waals surface area (Å²) >= 11 is 0. The Balaban J connectivity index is 1.76. The zero-order valence-corrected chi connectivity index (χ0v) is 15.3. The van der Waals surface area contributed by atoms with E-state index in [9.17, 15) is 0 Å². The second kappa shape index (κ2) is 8.40. The van der Waals surface area contributed by atoms with Crippen LogP contribution in [0.5, 0.6) is 0 Å². The molecule has 7 heteroatoms. The van der Waals surface area contributed by atoms with Crippen molar-refractivity contribution in [3.8, 4) is 0 Å². The highest BCUT2D eigenvalue weighted by molar-refractivity contribution is 5.48. The van der Waals surface area contributed by atoms with Crippen molar-refractivity contribution in [1.82, 2.24) is 20.4 Å². The van der Waals surface area contributed by atoms with Gasteiger partial charge in [0, 0.05) is 37.2 Å². The standard InChI is InChI=1S/C18H27N5O2/c1-4-24-11-17-21-16-7-9-19-8-5-15(16)18(22-17)20-10-6-14-12(2)23-25-13(14)3/h19H,4-11H2,1-3H3,(H,20,21,22). The molecule has 0 amide bonds. The van der Waals surface area contributed by atoms with Gasteiger partial charge in [-0.25, -0.2) is 9.97 Å². The van der Waals surface area contributed by atoms with E-state index in [-0.39, 0.29) is 0 Å². The van der Waals surface area contributed by atoms with Gasteiger partial charge in [0.25, 0.3) is 0 Å². The van der Waals surface area contributed by atoms with Gasteiger partial charge >= 0.3 is 0 Å². The number of hydrogen-bond acceptors (Lipinski definition) is 7. The monoisotopic (exact) mass is 345 g/mol. The molecule has 0 fully saturated rings. The molecule has 0 atom stereocenters. The first-order valence-corrected chi connectivity index (χ1v) is 9.01. The molecule has 0 aliphatic carbocycles. The molecule has 3 heterocycles. The summed E-state index contributed by atoms with van der Waals surface area (Å²) in [5.41, 5.74) is 4.49. The molecule has 0 saturated carbocycles. The van der Waals surface area contributed by atoms with Gasteiger partial charge < -0.3 is 19.9 Å². The predicted octanol–water partition coefficient (Wildman–Crippen LogP) is 1.96. The third kappa shape index (κ3) is 4.35. The molecule has 25 heavy (non-hydrogen) atoms. The Morgan fingerprint density at radius 3 is 2.80 bits per heavy atom. The summed E-state index contributed by atoms with van der Waals surface area (Å²) in [6.45, 7) is 9.74. The van der Waals surface area contributed by atoms with Crippen molar-refractivity contribution in [2.24, 2.45) is 0 Å². The average Bonchev–Trinajstić information content (AvgIpc) is 2.80. The minimum Gasteiger partial charge on any atom is -0.374 e. The number of hydrogen-bond donors (Lipinski definition) is 2. The summed E-state index contributed by atoms with van der Waals surface area (Å²) in [6.07, 6.45) is 2.73. The number of anilines is 1. The zero-order valence-electron chi connectivity index (χ0n) is 15.3. The maximum Gasteiger partial charge on any atom is 0.156 e. The van der Waals surface area contributed by atoms with Crippen molar-refractivity contribution in [3.63, 3.8) is 0 Å². The lowest BCUT2D eigenvalue weighted by atomic mass is 10.1. The molecule has 0 unspecified atom stereocenters. The van der Waals surface area contributed by atoms with Gasteiger partial charge in [0.2, 0.25) is 0 Å². The molecule has 2 aromatic rings. The van der Waals surface area contributed by atoms with Gasteiger partial charge in [-0.15, -0.1) is 0 Å². The molecule has 2 N–H and O–H groups in total. The molecule has 0 aromatic carbocycles. The highest BCUT2D eigenvalue weighted by atomic mass is 16.5. The van der Waals surface area contributed by atoms with Gasteiger partial charge in [-0.05, 0) is 40.2 Å². The third-order valence-electron chi connectivity index (χ3n) is 4.51. The highest BCUT2D eigenvalue weighted by Gasteiger charge is 2.17. The Kier molecular flexibility index (Phi) is 5.99. The smallest absolute Gasteiger partial charge is 0.156 e. The van der Waals surface area contributed by atoms with Crippen LogP contribution in [0.3, 0.4) is 0 Å². The van der Waals surface area contributed by atoms with Gasteiger partial charge in [-0.3, -0.25) is 0 Å². The second-order valence-electron chi connectivity index (χ2n) is 6.28. The largest absolute Gasteiger partial charge is 0.374 e. The molecule has 0 spiro atoms. The maximum atomic E-state index is 5.50. The predicted molar refractivity (Wildman–Crippen MR) is 95.8 cm³/mol. The lowest BCUT2D eigenvalue weighted by Gasteiger charge is -2.15. The maximum absolute atomic E-state index is 5.50. The molecule has 2 aromatic heterocycles. The fourth-order valence-electron chi connectivity index (χ4n) is 3.16. The van der Waals surface area contributed by atoms with Crippen LogP contribution in [0.15, 0.2) is 4.52 Å². The lowest BCUT2D eigenvalue weighted by Crippen LogP contribution is -2.16. The van der Waals surface area contributed by atoms with Crippen LogP contribution in [0.2, 0.25) is 0 Å². The van der Waals surface area contributed by atoms with Crippen LogP contribution >= 0.6 is 0 Å². The molecule has 3 rings (SSSR count). The molecule has 136 valence electrons. The number of rotatable bonds is 7. The summed E-state index contributed by atoms with van der Waals surface area (Å²) < 4.78 is 10.7. The van der Waals surface area contributed by atoms with Crippen molar-refractivity contribution < 1.29 is 9.26 Å². The minimum atomic E-state index is 0.454. The highest BCUT2D eigenvalue weighted by Crippen LogP contribution is 2.21. The Hall–Kier alpha value is -1.99. The normalized spacial score (nSPS) is 14.2. The summed E-state index contributed by atoms with van der Waals surface area (Å²) in [7, 11) is 0. The van der Waals surface area contributed by atoms with E-state index in [4.69, 9.17) is 19.2 Å². The van der Waals surface area contributed by atoms with E-state index < -0.39 is 0 Å². The number of ether oxygens (including phenoxy) is 1. The Morgan fingerprint density at radius 2 is 2.04 bits per heavy atom. The average molecular weight is 345 g/mol. The molecule has 7 nitrogen and oxygen atoms in total. The van der Waals surface area contributed by atoms with Gasteiger partial charge in [0.05, 0.1) is 11.4 Å². The second-order valence-corrected chi connectivity index (χ2v) is 6.28. The van der Waals surface area contributed by atoms with Crippen molar-refractivity contribution >= 4 is 5.82 Å². The van der Waals surface area contributed by atoms with Crippen LogP contribution < -0.4 is 10.6 Å². The Bertz CT molecular complexity index is 694. The van der Waals surface area contributed by atoms with Gasteiger partial charge in [-0.1, -0.05) is 5.16 Å². The van der Waals surface area contributed by atoms with Crippen molar-refractivity contribution in [1.29, 1.82) is 0 Å². The summed E-state index contributed by atoms with van der Waals surface area (Å²) in [5, 5.41) is 11.0. The van der Waals surface area contributed by atoms with E-state index in [1.807, 2.05) is 20.8 Å². The number of aryl methyl sites for hydroxylation is 2. The van der Waals surface area contributed by atoms with Crippen LogP contribution in [-0.2, 0) is 30.6 Å². The summed E-state index contributed by atoms with van der Waals surface area (Å²) in [6, 6.07) is 0. The topological polar surface area (TPSA) is 85.1 Å². The molecule has 0 bridgehead atoms. The summed E-state index contributed by atoms with van der Waals surface area (Å²) in [5.74, 6) is 2.58. The van der Waals surface area contributed by atoms with Crippen molar-refractivity contribution in [3.05, 3.63) is 34.1 Å². The Labute approximate surface area is 148 Å². The molecular weight excluding hydrogens is 318 g/mol. The fraction of sp³-hybridized carbons (Fsp3) is 0.611. The van der Waals surface area contributed by atoms with Crippen molar-refractivity contribution in [2.45, 2.75) is 46.6 Å². The van der Waals surface area contributed by atoms with E-state index in [0.717, 1.165) is 67.7 Å². The zero-order chi connectivity index (χ0) is 17.6. The molecule has 0 radical (unpaired) electrons. The van der Waals surface area contributed by atoms with E-state index in [0.29, 0.717) is 13.2 Å². The molecule has 1 aliphatic rings. The van der Waals surface area contributed by atoms with Gasteiger partial charge in [0.15, 0.2) is 5.82 Å². The van der Waals surface area contributed by atoms with Crippen LogP contribution in [0.1, 0.15) is 41.0 Å². The van der Waals surface area contributed by atoms with Crippen LogP contribution in [0.25, 0.3) is 0 Å². The third-order valence-corrected chi connectivity index (χ3v) is 4.51. The van der Waals surface area contributed by atoms with Crippen LogP contribution in [0.4, 0.5) is 5.82 Å². The van der Waals surface area contributed by atoms with E-state index in [2.05, 4.69) is 15.8 Å². The van der Waals surface area contributed by atoms with Crippen LogP contribution in [0, 0.1) is 13.8 Å². The SMILES string of the molecule is CCOCc1nc2c(c(NCCc3c(C)noc3C)n1)CCNCC2. The van der Waals surface area contributed by atoms with E-state index in [1.165, 1.54) is 11.1 Å². The van der Waals surface area contributed by atoms with Crippen molar-refractivity contribution in [2.75, 3.05) is 31.6 Å². The number of fused-ring (bicyclic) bond motifs is 1. The lowest BCUT2D eigenvalue weighted by molar-refractivity contribution is 0.128. The number of nitrogens with one attached hydrogen (secondary N) is 2. The molecule has 0 saturated heterocycles. The van der Waals surface area contributed by atoms with E-state index in [1.54, 1.807) is 0 Å². The molecule has 1 aliphatic heterocycles. The Morgan fingerprint density at radius 1 is 1.20 bits per heavy atom. The molecular formula is C18H27N5O2. The van der Waals surface area contributed by atoms with E-state index >= 15 is 0 Å². The number of aromatic nitrogens is 3. The van der Waals surface area contributed by atoms with Gasteiger partial charge in [-0.2, -0.15) is 0 Å². The first-order valence-electron chi connectivity index (χ1n) is 9.01. The number of nitrogens with zero attached hydrogens (tertiary/aromatic N) is 3. The van der Waals surface area contributed by atoms with Crippen LogP contribution in [-0.4, -0.2) is 41.4 Å². The first-order chi connectivity index (χ1) is 12.2. The first kappa shape index (κ1) is 17.8. The fourth-order valence-corrected chi connectivity index (χ4v) is 3.16. The minimum absolute atomic E-state index is 0.454.